The van der Waals surface area contributed by atoms with Crippen molar-refractivity contribution in [2.24, 2.45) is 11.7 Å². The van der Waals surface area contributed by atoms with Gasteiger partial charge in [-0.05, 0) is 43.7 Å². The van der Waals surface area contributed by atoms with Gasteiger partial charge in [-0.15, -0.1) is 11.8 Å². The molecule has 0 radical (unpaired) electrons. The van der Waals surface area contributed by atoms with E-state index in [0.29, 0.717) is 30.3 Å². The van der Waals surface area contributed by atoms with E-state index in [1.807, 2.05) is 17.0 Å². The van der Waals surface area contributed by atoms with E-state index in [0.717, 1.165) is 62.3 Å². The Labute approximate surface area is 208 Å². The fourth-order valence-corrected chi connectivity index (χ4v) is 6.67. The number of nitrogens with zero attached hydrogens (tertiary/aromatic N) is 4. The minimum atomic E-state index is -4.48. The quantitative estimate of drug-likeness (QED) is 0.679. The molecule has 3 fully saturated rings. The number of rotatable bonds is 4. The molecule has 2 N–H and O–H groups in total. The van der Waals surface area contributed by atoms with Gasteiger partial charge in [0.05, 0.1) is 17.4 Å². The number of anilines is 1. The first-order valence-electron chi connectivity index (χ1n) is 12.4. The summed E-state index contributed by atoms with van der Waals surface area (Å²) in [7, 11) is 0. The number of carbonyl (C=O) groups excluding carboxylic acids is 1. The number of pyridine rings is 1. The highest BCUT2D eigenvalue weighted by Crippen LogP contribution is 2.36. The molecule has 1 aromatic heterocycles. The van der Waals surface area contributed by atoms with Gasteiger partial charge < -0.3 is 15.5 Å². The molecule has 2 saturated heterocycles. The van der Waals surface area contributed by atoms with Gasteiger partial charge in [-0.1, -0.05) is 18.2 Å². The van der Waals surface area contributed by atoms with Crippen LogP contribution in [0.15, 0.2) is 30.3 Å². The van der Waals surface area contributed by atoms with Crippen LogP contribution in [0, 0.1) is 5.92 Å². The van der Waals surface area contributed by atoms with Crippen LogP contribution in [0.2, 0.25) is 0 Å². The fraction of sp³-hybridized carbons (Fsp3) is 0.600. The lowest BCUT2D eigenvalue weighted by Gasteiger charge is -2.43. The zero-order valence-corrected chi connectivity index (χ0v) is 20.5. The lowest BCUT2D eigenvalue weighted by atomic mass is 9.80. The summed E-state index contributed by atoms with van der Waals surface area (Å²) >= 11 is 1.77. The molecule has 0 spiro atoms. The molecule has 5 rings (SSSR count). The first-order valence-corrected chi connectivity index (χ1v) is 13.5. The van der Waals surface area contributed by atoms with Crippen LogP contribution in [0.4, 0.5) is 18.9 Å². The first kappa shape index (κ1) is 24.6. The van der Waals surface area contributed by atoms with Crippen LogP contribution in [-0.4, -0.2) is 77.1 Å². The van der Waals surface area contributed by atoms with E-state index in [-0.39, 0.29) is 11.8 Å². The number of hydrogen-bond acceptors (Lipinski definition) is 6. The topological polar surface area (TPSA) is 65.7 Å². The van der Waals surface area contributed by atoms with Crippen molar-refractivity contribution >= 4 is 34.3 Å². The zero-order valence-electron chi connectivity index (χ0n) is 19.7. The second-order valence-corrected chi connectivity index (χ2v) is 10.9. The number of fused-ring (bicyclic) bond motifs is 1. The molecule has 1 amide bonds. The Hall–Kier alpha value is -2.04. The Balaban J connectivity index is 1.19. The number of hydrogen-bond donors (Lipinski definition) is 1. The van der Waals surface area contributed by atoms with Gasteiger partial charge in [-0.2, -0.15) is 13.2 Å². The predicted molar refractivity (Wildman–Crippen MR) is 133 cm³/mol. The van der Waals surface area contributed by atoms with Gasteiger partial charge in [0.15, 0.2) is 0 Å². The molecule has 0 unspecified atom stereocenters. The van der Waals surface area contributed by atoms with E-state index in [1.165, 1.54) is 6.07 Å². The summed E-state index contributed by atoms with van der Waals surface area (Å²) < 4.78 is 40.4. The maximum Gasteiger partial charge on any atom is 0.433 e. The molecule has 0 bridgehead atoms. The van der Waals surface area contributed by atoms with Crippen LogP contribution in [0.1, 0.15) is 31.4 Å². The molecule has 2 aromatic rings. The molecule has 3 heterocycles. The molecule has 190 valence electrons. The van der Waals surface area contributed by atoms with Crippen LogP contribution in [0.3, 0.4) is 0 Å². The summed E-state index contributed by atoms with van der Waals surface area (Å²) in [5.41, 5.74) is 6.50. The third-order valence-electron chi connectivity index (χ3n) is 7.75. The Bertz CT molecular complexity index is 1050. The van der Waals surface area contributed by atoms with Crippen molar-refractivity contribution in [3.8, 4) is 0 Å². The Kier molecular flexibility index (Phi) is 7.14. The number of para-hydroxylation sites is 1. The van der Waals surface area contributed by atoms with Crippen molar-refractivity contribution < 1.29 is 18.0 Å². The molecule has 3 aliphatic rings. The summed E-state index contributed by atoms with van der Waals surface area (Å²) in [6, 6.07) is 8.27. The number of carbonyl (C=O) groups is 1. The second-order valence-electron chi connectivity index (χ2n) is 9.80. The molecule has 1 aliphatic carbocycles. The number of piperazine rings is 1. The number of halogens is 3. The molecule has 2 aliphatic heterocycles. The summed E-state index contributed by atoms with van der Waals surface area (Å²) in [5, 5.41) is 0.754. The number of benzene rings is 1. The third-order valence-corrected chi connectivity index (χ3v) is 8.72. The van der Waals surface area contributed by atoms with Gasteiger partial charge in [0, 0.05) is 55.6 Å². The van der Waals surface area contributed by atoms with E-state index in [4.69, 9.17) is 5.73 Å². The van der Waals surface area contributed by atoms with E-state index in [9.17, 15) is 18.0 Å². The lowest BCUT2D eigenvalue weighted by molar-refractivity contribution is -0.141. The van der Waals surface area contributed by atoms with Crippen molar-refractivity contribution in [3.63, 3.8) is 0 Å². The molecule has 6 nitrogen and oxygen atoms in total. The number of alkyl halides is 3. The zero-order chi connectivity index (χ0) is 24.6. The predicted octanol–water partition coefficient (Wildman–Crippen LogP) is 3.79. The van der Waals surface area contributed by atoms with Crippen molar-refractivity contribution in [2.75, 3.05) is 49.3 Å². The highest BCUT2D eigenvalue weighted by atomic mass is 32.2. The van der Waals surface area contributed by atoms with Crippen LogP contribution < -0.4 is 10.6 Å². The van der Waals surface area contributed by atoms with Gasteiger partial charge in [0.25, 0.3) is 0 Å². The molecule has 1 atom stereocenters. The van der Waals surface area contributed by atoms with Crippen molar-refractivity contribution in [1.82, 2.24) is 14.8 Å². The maximum atomic E-state index is 13.5. The van der Waals surface area contributed by atoms with E-state index in [1.54, 1.807) is 23.9 Å². The third kappa shape index (κ3) is 5.24. The number of amides is 1. The van der Waals surface area contributed by atoms with E-state index in [2.05, 4.69) is 14.8 Å². The summed E-state index contributed by atoms with van der Waals surface area (Å²) in [6.07, 6.45) is -0.561. The van der Waals surface area contributed by atoms with Crippen LogP contribution in [-0.2, 0) is 11.0 Å². The summed E-state index contributed by atoms with van der Waals surface area (Å²) in [5.74, 6) is 2.07. The van der Waals surface area contributed by atoms with Crippen LogP contribution in [0.5, 0.6) is 0 Å². The summed E-state index contributed by atoms with van der Waals surface area (Å²) in [6.45, 7) is 3.77. The monoisotopic (exact) mass is 507 g/mol. The van der Waals surface area contributed by atoms with E-state index < -0.39 is 17.9 Å². The number of aromatic nitrogens is 1. The number of thioether (sulfide) groups is 1. The molecule has 1 aromatic carbocycles. The second kappa shape index (κ2) is 10.1. The van der Waals surface area contributed by atoms with Crippen LogP contribution in [0.25, 0.3) is 10.9 Å². The average molecular weight is 508 g/mol. The van der Waals surface area contributed by atoms with Gasteiger partial charge >= 0.3 is 6.18 Å². The van der Waals surface area contributed by atoms with E-state index >= 15 is 0 Å². The first-order chi connectivity index (χ1) is 16.8. The van der Waals surface area contributed by atoms with Crippen molar-refractivity contribution in [2.45, 2.75) is 43.9 Å². The molecule has 10 heteroatoms. The minimum absolute atomic E-state index is 0.0925. The van der Waals surface area contributed by atoms with Gasteiger partial charge in [-0.3, -0.25) is 9.69 Å². The largest absolute Gasteiger partial charge is 0.433 e. The molecular formula is C25H32F3N5OS. The molecular weight excluding hydrogens is 475 g/mol. The van der Waals surface area contributed by atoms with Crippen LogP contribution >= 0.6 is 11.8 Å². The van der Waals surface area contributed by atoms with Gasteiger partial charge in [0.2, 0.25) is 5.91 Å². The summed E-state index contributed by atoms with van der Waals surface area (Å²) in [4.78, 5) is 22.9. The van der Waals surface area contributed by atoms with Gasteiger partial charge in [0.1, 0.15) is 5.69 Å². The van der Waals surface area contributed by atoms with Gasteiger partial charge in [-0.25, -0.2) is 4.98 Å². The highest BCUT2D eigenvalue weighted by molar-refractivity contribution is 7.99. The maximum absolute atomic E-state index is 13.5. The van der Waals surface area contributed by atoms with Crippen molar-refractivity contribution in [3.05, 3.63) is 36.0 Å². The Morgan fingerprint density at radius 3 is 2.43 bits per heavy atom. The molecule has 35 heavy (non-hydrogen) atoms. The number of nitrogens with two attached hydrogens (primary N) is 1. The SMILES string of the molecule is N[C@H](C(=O)N1CCSC1)C1CCC(N2CCN(c3cc(C(F)(F)F)nc4ccccc34)CC2)CC1. The standard InChI is InChI=1S/C25H32F3N5OS/c26-25(27,28)22-15-21(19-3-1-2-4-20(19)30-22)32-11-9-31(10-12-32)18-7-5-17(6-8-18)23(29)24(34)33-13-14-35-16-33/h1-4,15,17-18,23H,5-14,16,29H2/t17?,18?,23-/m0/s1. The molecule has 1 saturated carbocycles. The highest BCUT2D eigenvalue weighted by Gasteiger charge is 2.36. The fourth-order valence-electron chi connectivity index (χ4n) is 5.72. The van der Waals surface area contributed by atoms with Crippen molar-refractivity contribution in [1.29, 1.82) is 0 Å². The average Bonchev–Trinajstić information content (AvgIpc) is 3.42. The smallest absolute Gasteiger partial charge is 0.368 e. The minimum Gasteiger partial charge on any atom is -0.368 e. The normalized spacial score (nSPS) is 25.3. The lowest BCUT2D eigenvalue weighted by Crippen LogP contribution is -2.53. The Morgan fingerprint density at radius 1 is 1.06 bits per heavy atom. The Morgan fingerprint density at radius 2 is 1.77 bits per heavy atom.